The third-order valence-corrected chi connectivity index (χ3v) is 4.87. The van der Waals surface area contributed by atoms with E-state index in [1.165, 1.54) is 51.7 Å². The maximum atomic E-state index is 11.6. The monoisotopic (exact) mass is 411 g/mol. The van der Waals surface area contributed by atoms with Crippen LogP contribution in [0.2, 0.25) is 0 Å². The molecule has 0 aromatic carbocycles. The van der Waals surface area contributed by atoms with Crippen molar-refractivity contribution in [3.8, 4) is 5.75 Å². The van der Waals surface area contributed by atoms with Gasteiger partial charge in [0.25, 0.3) is 0 Å². The Kier molecular flexibility index (Phi) is 7.38. The number of hydrogen-bond donors (Lipinski definition) is 0. The Labute approximate surface area is 166 Å². The van der Waals surface area contributed by atoms with Crippen LogP contribution >= 0.6 is 11.8 Å². The SMILES string of the molecule is CC(=O)O[C@H]1[C@H](OC(C)=O)CSC(Oc2ccc(C(C)=O)nc2)[C@@H]1OC(C)=O. The van der Waals surface area contributed by atoms with Gasteiger partial charge in [0.05, 0.1) is 6.20 Å². The van der Waals surface area contributed by atoms with E-state index in [0.717, 1.165) is 0 Å². The molecule has 9 nitrogen and oxygen atoms in total. The number of rotatable bonds is 6. The van der Waals surface area contributed by atoms with E-state index in [0.29, 0.717) is 5.75 Å². The maximum Gasteiger partial charge on any atom is 0.303 e. The van der Waals surface area contributed by atoms with Gasteiger partial charge in [0.15, 0.2) is 29.5 Å². The summed E-state index contributed by atoms with van der Waals surface area (Å²) in [5.41, 5.74) is -0.460. The molecule has 10 heteroatoms. The van der Waals surface area contributed by atoms with Crippen molar-refractivity contribution in [3.05, 3.63) is 24.0 Å². The van der Waals surface area contributed by atoms with Crippen molar-refractivity contribution in [3.63, 3.8) is 0 Å². The Morgan fingerprint density at radius 1 is 0.929 bits per heavy atom. The summed E-state index contributed by atoms with van der Waals surface area (Å²) in [6.45, 7) is 5.06. The van der Waals surface area contributed by atoms with Crippen molar-refractivity contribution < 1.29 is 38.1 Å². The van der Waals surface area contributed by atoms with Crippen LogP contribution in [-0.2, 0) is 28.6 Å². The molecule has 0 radical (unpaired) electrons. The summed E-state index contributed by atoms with van der Waals surface area (Å²) in [6.07, 6.45) is -1.46. The molecule has 1 aromatic heterocycles. The van der Waals surface area contributed by atoms with Gasteiger partial charge in [-0.15, -0.1) is 11.8 Å². The molecule has 1 unspecified atom stereocenters. The van der Waals surface area contributed by atoms with Crippen molar-refractivity contribution in [2.24, 2.45) is 0 Å². The van der Waals surface area contributed by atoms with Gasteiger partial charge in [-0.25, -0.2) is 4.98 Å². The second-order valence-electron chi connectivity index (χ2n) is 6.05. The van der Waals surface area contributed by atoms with E-state index < -0.39 is 41.7 Å². The van der Waals surface area contributed by atoms with Crippen molar-refractivity contribution in [1.82, 2.24) is 4.98 Å². The number of Topliss-reactive ketones (excluding diaryl/α,β-unsaturated/α-hetero) is 1. The van der Waals surface area contributed by atoms with Crippen LogP contribution in [0.1, 0.15) is 38.2 Å². The van der Waals surface area contributed by atoms with Crippen LogP contribution in [0.5, 0.6) is 5.75 Å². The molecule has 0 aliphatic carbocycles. The molecular weight excluding hydrogens is 390 g/mol. The zero-order valence-corrected chi connectivity index (χ0v) is 16.7. The van der Waals surface area contributed by atoms with Gasteiger partial charge in [-0.1, -0.05) is 0 Å². The third-order valence-electron chi connectivity index (χ3n) is 3.65. The molecule has 0 amide bonds. The Morgan fingerprint density at radius 3 is 2.04 bits per heavy atom. The van der Waals surface area contributed by atoms with Gasteiger partial charge in [0.1, 0.15) is 11.4 Å². The fourth-order valence-electron chi connectivity index (χ4n) is 2.60. The number of nitrogens with zero attached hydrogens (tertiary/aromatic N) is 1. The molecule has 0 saturated carbocycles. The van der Waals surface area contributed by atoms with Gasteiger partial charge < -0.3 is 18.9 Å². The van der Waals surface area contributed by atoms with Gasteiger partial charge in [0.2, 0.25) is 0 Å². The van der Waals surface area contributed by atoms with E-state index in [2.05, 4.69) is 4.98 Å². The summed E-state index contributed by atoms with van der Waals surface area (Å²) in [5.74, 6) is -1.35. The zero-order valence-electron chi connectivity index (χ0n) is 15.9. The van der Waals surface area contributed by atoms with Gasteiger partial charge in [0, 0.05) is 33.4 Å². The number of pyridine rings is 1. The van der Waals surface area contributed by atoms with Crippen LogP contribution in [0.25, 0.3) is 0 Å². The molecule has 1 aliphatic rings. The van der Waals surface area contributed by atoms with Crippen molar-refractivity contribution >= 4 is 35.5 Å². The minimum absolute atomic E-state index is 0.185. The molecule has 1 fully saturated rings. The first-order chi connectivity index (χ1) is 13.2. The van der Waals surface area contributed by atoms with E-state index >= 15 is 0 Å². The molecule has 0 spiro atoms. The van der Waals surface area contributed by atoms with Crippen molar-refractivity contribution in [2.75, 3.05) is 5.75 Å². The molecule has 0 N–H and O–H groups in total. The fourth-order valence-corrected chi connectivity index (χ4v) is 3.82. The van der Waals surface area contributed by atoms with Gasteiger partial charge in [-0.2, -0.15) is 0 Å². The summed E-state index contributed by atoms with van der Waals surface area (Å²) in [7, 11) is 0. The average molecular weight is 411 g/mol. The number of ketones is 1. The summed E-state index contributed by atoms with van der Waals surface area (Å²) in [5, 5.41) is 0. The number of hydrogen-bond acceptors (Lipinski definition) is 10. The summed E-state index contributed by atoms with van der Waals surface area (Å²) >= 11 is 1.24. The predicted molar refractivity (Wildman–Crippen MR) is 97.8 cm³/mol. The largest absolute Gasteiger partial charge is 0.474 e. The second-order valence-corrected chi connectivity index (χ2v) is 7.18. The minimum Gasteiger partial charge on any atom is -0.474 e. The molecule has 4 atom stereocenters. The Hall–Kier alpha value is -2.62. The Balaban J connectivity index is 2.25. The number of thioether (sulfide) groups is 1. The first-order valence-corrected chi connectivity index (χ1v) is 9.49. The number of carbonyl (C=O) groups is 4. The van der Waals surface area contributed by atoms with Crippen LogP contribution in [0.4, 0.5) is 0 Å². The lowest BCUT2D eigenvalue weighted by atomic mass is 10.1. The molecular formula is C18H21NO8S. The van der Waals surface area contributed by atoms with Crippen LogP contribution in [0.15, 0.2) is 18.3 Å². The van der Waals surface area contributed by atoms with Crippen LogP contribution in [0.3, 0.4) is 0 Å². The van der Waals surface area contributed by atoms with E-state index in [1.54, 1.807) is 6.07 Å². The average Bonchev–Trinajstić information content (AvgIpc) is 2.59. The quantitative estimate of drug-likeness (QED) is 0.387. The smallest absolute Gasteiger partial charge is 0.303 e. The highest BCUT2D eigenvalue weighted by Gasteiger charge is 2.47. The number of esters is 3. The molecule has 2 rings (SSSR count). The lowest BCUT2D eigenvalue weighted by molar-refractivity contribution is -0.186. The Bertz CT molecular complexity index is 750. The minimum atomic E-state index is -1.03. The third kappa shape index (κ3) is 5.95. The summed E-state index contributed by atoms with van der Waals surface area (Å²) in [4.78, 5) is 49.9. The molecule has 28 heavy (non-hydrogen) atoms. The fraction of sp³-hybridized carbons (Fsp3) is 0.500. The van der Waals surface area contributed by atoms with Crippen LogP contribution in [-0.4, -0.2) is 58.2 Å². The standard InChI is InChI=1S/C18H21NO8S/c1-9(20)14-6-5-13(7-19-14)27-18-17(26-12(4)23)16(25-11(3)22)15(8-28-18)24-10(2)21/h5-7,15-18H,8H2,1-4H3/t15-,16+,17-,18?/m1/s1. The number of ether oxygens (including phenoxy) is 4. The maximum absolute atomic E-state index is 11.6. The second kappa shape index (κ2) is 9.54. The highest BCUT2D eigenvalue weighted by atomic mass is 32.2. The van der Waals surface area contributed by atoms with Crippen LogP contribution < -0.4 is 4.74 Å². The highest BCUT2D eigenvalue weighted by molar-refractivity contribution is 7.99. The van der Waals surface area contributed by atoms with Gasteiger partial charge >= 0.3 is 17.9 Å². The Morgan fingerprint density at radius 2 is 1.54 bits per heavy atom. The molecule has 2 heterocycles. The molecule has 152 valence electrons. The number of aromatic nitrogens is 1. The van der Waals surface area contributed by atoms with E-state index in [9.17, 15) is 19.2 Å². The lowest BCUT2D eigenvalue weighted by Crippen LogP contribution is -2.55. The van der Waals surface area contributed by atoms with Crippen molar-refractivity contribution in [2.45, 2.75) is 51.4 Å². The van der Waals surface area contributed by atoms with Gasteiger partial charge in [-0.3, -0.25) is 19.2 Å². The first kappa shape index (κ1) is 21.7. The normalized spacial score (nSPS) is 24.0. The molecule has 0 bridgehead atoms. The highest BCUT2D eigenvalue weighted by Crippen LogP contribution is 2.34. The van der Waals surface area contributed by atoms with Crippen LogP contribution in [0, 0.1) is 0 Å². The topological polar surface area (TPSA) is 118 Å². The molecule has 1 aliphatic heterocycles. The van der Waals surface area contributed by atoms with E-state index in [1.807, 2.05) is 0 Å². The summed E-state index contributed by atoms with van der Waals surface area (Å²) < 4.78 is 21.7. The number of carbonyl (C=O) groups excluding carboxylic acids is 4. The summed E-state index contributed by atoms with van der Waals surface area (Å²) in [6, 6.07) is 3.07. The van der Waals surface area contributed by atoms with Gasteiger partial charge in [-0.05, 0) is 12.1 Å². The molecule has 1 saturated heterocycles. The lowest BCUT2D eigenvalue weighted by Gasteiger charge is -2.39. The zero-order chi connectivity index (χ0) is 20.8. The first-order valence-electron chi connectivity index (χ1n) is 8.44. The van der Waals surface area contributed by atoms with E-state index in [4.69, 9.17) is 18.9 Å². The van der Waals surface area contributed by atoms with E-state index in [-0.39, 0.29) is 17.2 Å². The molecule has 1 aromatic rings. The van der Waals surface area contributed by atoms with Crippen molar-refractivity contribution in [1.29, 1.82) is 0 Å². The predicted octanol–water partition coefficient (Wildman–Crippen LogP) is 1.53.